The number of amides is 1. The van der Waals surface area contributed by atoms with Gasteiger partial charge in [-0.2, -0.15) is 16.9 Å². The topological polar surface area (TPSA) is 69.0 Å². The fraction of sp³-hybridized carbons (Fsp3) is 0.278. The average Bonchev–Trinajstić information content (AvgIpc) is 3.32. The number of fused-ring (bicyclic) bond motifs is 1. The molecule has 0 fully saturated rings. The quantitative estimate of drug-likeness (QED) is 0.737. The molecule has 4 rings (SSSR count). The molecule has 0 bridgehead atoms. The Balaban J connectivity index is 1.62. The summed E-state index contributed by atoms with van der Waals surface area (Å²) in [6.07, 6.45) is 0. The largest absolute Gasteiger partial charge is 0.497 e. The van der Waals surface area contributed by atoms with Crippen LogP contribution in [0.4, 0.5) is 5.82 Å². The van der Waals surface area contributed by atoms with E-state index in [1.54, 1.807) is 11.8 Å². The molecule has 3 heterocycles. The smallest absolute Gasteiger partial charge is 0.268 e. The van der Waals surface area contributed by atoms with E-state index in [2.05, 4.69) is 15.4 Å². The highest BCUT2D eigenvalue weighted by Gasteiger charge is 2.24. The number of nitrogens with zero attached hydrogens (tertiary/aromatic N) is 3. The van der Waals surface area contributed by atoms with Crippen LogP contribution in [0.3, 0.4) is 0 Å². The Morgan fingerprint density at radius 1 is 1.35 bits per heavy atom. The highest BCUT2D eigenvalue weighted by Crippen LogP contribution is 2.35. The third-order valence-corrected chi connectivity index (χ3v) is 6.44. The van der Waals surface area contributed by atoms with Gasteiger partial charge >= 0.3 is 0 Å². The lowest BCUT2D eigenvalue weighted by atomic mass is 10.2. The van der Waals surface area contributed by atoms with E-state index >= 15 is 0 Å². The van der Waals surface area contributed by atoms with Crippen LogP contribution in [0.25, 0.3) is 10.6 Å². The van der Waals surface area contributed by atoms with Gasteiger partial charge in [-0.15, -0.1) is 11.3 Å². The number of aryl methyl sites for hydroxylation is 2. The minimum Gasteiger partial charge on any atom is -0.497 e. The first-order valence-corrected chi connectivity index (χ1v) is 10.1. The number of carbonyl (C=O) groups excluding carboxylic acids is 1. The van der Waals surface area contributed by atoms with Gasteiger partial charge in [-0.05, 0) is 19.1 Å². The van der Waals surface area contributed by atoms with Crippen molar-refractivity contribution in [2.24, 2.45) is 7.05 Å². The van der Waals surface area contributed by atoms with Crippen molar-refractivity contribution in [3.63, 3.8) is 0 Å². The summed E-state index contributed by atoms with van der Waals surface area (Å²) in [5, 5.41) is 8.32. The average molecular weight is 387 g/mol. The zero-order valence-corrected chi connectivity index (χ0v) is 16.3. The molecule has 2 aromatic heterocycles. The minimum absolute atomic E-state index is 0.142. The molecule has 1 aromatic carbocycles. The summed E-state index contributed by atoms with van der Waals surface area (Å²) < 4.78 is 7.02. The third-order valence-electron chi connectivity index (χ3n) is 4.27. The number of nitrogens with one attached hydrogen (secondary N) is 1. The molecule has 1 amide bonds. The number of carbonyl (C=O) groups is 1. The van der Waals surface area contributed by atoms with Crippen LogP contribution >= 0.6 is 23.1 Å². The van der Waals surface area contributed by atoms with Gasteiger partial charge < -0.3 is 10.1 Å². The van der Waals surface area contributed by atoms with Crippen molar-refractivity contribution >= 4 is 34.8 Å². The fourth-order valence-corrected chi connectivity index (χ4v) is 4.94. The van der Waals surface area contributed by atoms with Crippen LogP contribution in [-0.2, 0) is 18.6 Å². The van der Waals surface area contributed by atoms with Gasteiger partial charge in [-0.1, -0.05) is 12.1 Å². The molecular formula is C18H18N4O2S2. The van der Waals surface area contributed by atoms with Crippen molar-refractivity contribution in [1.29, 1.82) is 0 Å². The van der Waals surface area contributed by atoms with Crippen LogP contribution in [0.5, 0.6) is 5.75 Å². The number of rotatable bonds is 4. The number of ether oxygens (including phenoxy) is 1. The summed E-state index contributed by atoms with van der Waals surface area (Å²) in [4.78, 5) is 18.0. The first kappa shape index (κ1) is 17.1. The number of methoxy groups -OCH3 is 1. The third kappa shape index (κ3) is 2.99. The van der Waals surface area contributed by atoms with E-state index in [1.807, 2.05) is 50.0 Å². The number of thiazole rings is 1. The fourth-order valence-electron chi connectivity index (χ4n) is 2.95. The molecule has 1 aliphatic heterocycles. The lowest BCUT2D eigenvalue weighted by Gasteiger charge is -2.06. The van der Waals surface area contributed by atoms with Crippen molar-refractivity contribution in [2.45, 2.75) is 18.4 Å². The van der Waals surface area contributed by atoms with Crippen LogP contribution in [0.15, 0.2) is 24.3 Å². The predicted octanol–water partition coefficient (Wildman–Crippen LogP) is 3.86. The standard InChI is InChI=1S/C18H18N4O2S2/c1-10-15(26-18(19-10)11-5-4-6-12(7-11)24-3)17(23)20-16-13-8-25-9-14(13)21-22(16)2/h4-7H,8-9H2,1-3H3,(H,20,23). The van der Waals surface area contributed by atoms with Gasteiger partial charge in [0.15, 0.2) is 0 Å². The summed E-state index contributed by atoms with van der Waals surface area (Å²) >= 11 is 3.20. The highest BCUT2D eigenvalue weighted by molar-refractivity contribution is 7.98. The molecule has 1 N–H and O–H groups in total. The zero-order valence-electron chi connectivity index (χ0n) is 14.7. The Morgan fingerprint density at radius 3 is 3.00 bits per heavy atom. The summed E-state index contributed by atoms with van der Waals surface area (Å²) in [6.45, 7) is 1.86. The molecule has 0 radical (unpaired) electrons. The van der Waals surface area contributed by atoms with Crippen LogP contribution in [0.2, 0.25) is 0 Å². The Bertz CT molecular complexity index is 993. The van der Waals surface area contributed by atoms with E-state index in [9.17, 15) is 4.79 Å². The molecule has 0 saturated carbocycles. The highest BCUT2D eigenvalue weighted by atomic mass is 32.2. The van der Waals surface area contributed by atoms with Gasteiger partial charge in [0.1, 0.15) is 21.5 Å². The van der Waals surface area contributed by atoms with Crippen LogP contribution in [-0.4, -0.2) is 27.8 Å². The number of thioether (sulfide) groups is 1. The van der Waals surface area contributed by atoms with Gasteiger partial charge in [0, 0.05) is 29.7 Å². The van der Waals surface area contributed by atoms with Gasteiger partial charge in [-0.3, -0.25) is 9.48 Å². The van der Waals surface area contributed by atoms with Crippen molar-refractivity contribution in [3.05, 3.63) is 46.1 Å². The van der Waals surface area contributed by atoms with Crippen molar-refractivity contribution in [1.82, 2.24) is 14.8 Å². The summed E-state index contributed by atoms with van der Waals surface area (Å²) in [5.74, 6) is 3.19. The molecule has 0 saturated heterocycles. The Morgan fingerprint density at radius 2 is 2.19 bits per heavy atom. The molecule has 8 heteroatoms. The summed E-state index contributed by atoms with van der Waals surface area (Å²) in [7, 11) is 3.50. The first-order chi connectivity index (χ1) is 12.6. The zero-order chi connectivity index (χ0) is 18.3. The maximum absolute atomic E-state index is 12.8. The Kier molecular flexibility index (Phi) is 4.46. The Hall–Kier alpha value is -2.32. The lowest BCUT2D eigenvalue weighted by Crippen LogP contribution is -2.15. The molecule has 6 nitrogen and oxygen atoms in total. The molecule has 1 aliphatic rings. The van der Waals surface area contributed by atoms with Crippen molar-refractivity contribution in [3.8, 4) is 16.3 Å². The Labute approximate surface area is 159 Å². The van der Waals surface area contributed by atoms with E-state index in [0.717, 1.165) is 50.6 Å². The molecule has 134 valence electrons. The number of anilines is 1. The molecular weight excluding hydrogens is 368 g/mol. The van der Waals surface area contributed by atoms with Crippen LogP contribution in [0, 0.1) is 6.92 Å². The second-order valence-electron chi connectivity index (χ2n) is 6.01. The minimum atomic E-state index is -0.142. The SMILES string of the molecule is COc1cccc(-c2nc(C)c(C(=O)Nc3c4c(nn3C)CSC4)s2)c1. The van der Waals surface area contributed by atoms with Crippen molar-refractivity contribution < 1.29 is 9.53 Å². The lowest BCUT2D eigenvalue weighted by molar-refractivity contribution is 0.102. The van der Waals surface area contributed by atoms with E-state index in [-0.39, 0.29) is 5.91 Å². The predicted molar refractivity (Wildman–Crippen MR) is 105 cm³/mol. The summed E-state index contributed by atoms with van der Waals surface area (Å²) in [5.41, 5.74) is 3.85. The molecule has 0 aliphatic carbocycles. The molecule has 0 atom stereocenters. The monoisotopic (exact) mass is 386 g/mol. The number of hydrogen-bond donors (Lipinski definition) is 1. The second kappa shape index (κ2) is 6.77. The number of aromatic nitrogens is 3. The van der Waals surface area contributed by atoms with Gasteiger partial charge in [0.05, 0.1) is 18.5 Å². The number of benzene rings is 1. The van der Waals surface area contributed by atoms with E-state index in [1.165, 1.54) is 11.3 Å². The molecule has 0 unspecified atom stereocenters. The van der Waals surface area contributed by atoms with Crippen molar-refractivity contribution in [2.75, 3.05) is 12.4 Å². The first-order valence-electron chi connectivity index (χ1n) is 8.12. The maximum atomic E-state index is 12.8. The van der Waals surface area contributed by atoms with Gasteiger partial charge in [0.25, 0.3) is 5.91 Å². The molecule has 0 spiro atoms. The molecule has 26 heavy (non-hydrogen) atoms. The van der Waals surface area contributed by atoms with Gasteiger partial charge in [0.2, 0.25) is 0 Å². The number of hydrogen-bond acceptors (Lipinski definition) is 6. The van der Waals surface area contributed by atoms with E-state index in [0.29, 0.717) is 4.88 Å². The van der Waals surface area contributed by atoms with Crippen LogP contribution in [0.1, 0.15) is 26.6 Å². The van der Waals surface area contributed by atoms with E-state index in [4.69, 9.17) is 4.74 Å². The van der Waals surface area contributed by atoms with Crippen LogP contribution < -0.4 is 10.1 Å². The molecule has 3 aromatic rings. The maximum Gasteiger partial charge on any atom is 0.268 e. The second-order valence-corrected chi connectivity index (χ2v) is 7.99. The normalized spacial score (nSPS) is 12.9. The van der Waals surface area contributed by atoms with E-state index < -0.39 is 0 Å². The van der Waals surface area contributed by atoms with Gasteiger partial charge in [-0.25, -0.2) is 4.98 Å². The summed E-state index contributed by atoms with van der Waals surface area (Å²) in [6, 6.07) is 7.69.